The average Bonchev–Trinajstić information content (AvgIpc) is 2.45. The summed E-state index contributed by atoms with van der Waals surface area (Å²) in [5.74, 6) is 0.122. The number of carbonyl (C=O) groups is 2. The van der Waals surface area contributed by atoms with Gasteiger partial charge in [-0.05, 0) is 58.7 Å². The average molecular weight is 348 g/mol. The molecule has 0 aromatic heterocycles. The SMILES string of the molecule is Cc1cccc(C(C)C)c1NC(=O)[C@@H](C)N(C)CC(=O)NC(C)(C)C. The number of benzene rings is 1. The van der Waals surface area contributed by atoms with Crippen molar-refractivity contribution >= 4 is 17.5 Å². The van der Waals surface area contributed by atoms with Crippen LogP contribution in [0.25, 0.3) is 0 Å². The summed E-state index contributed by atoms with van der Waals surface area (Å²) in [6.45, 7) is 14.0. The van der Waals surface area contributed by atoms with Crippen molar-refractivity contribution in [2.45, 2.75) is 66.0 Å². The molecule has 0 bridgehead atoms. The Morgan fingerprint density at radius 3 is 2.28 bits per heavy atom. The molecule has 0 saturated carbocycles. The zero-order valence-corrected chi connectivity index (χ0v) is 16.9. The first-order valence-corrected chi connectivity index (χ1v) is 8.84. The van der Waals surface area contributed by atoms with Crippen molar-refractivity contribution in [1.82, 2.24) is 10.2 Å². The Hall–Kier alpha value is -1.88. The van der Waals surface area contributed by atoms with Crippen LogP contribution < -0.4 is 10.6 Å². The number of para-hydroxylation sites is 1. The Bertz CT molecular complexity index is 618. The summed E-state index contributed by atoms with van der Waals surface area (Å²) in [5, 5.41) is 5.96. The van der Waals surface area contributed by atoms with Crippen LogP contribution >= 0.6 is 0 Å². The monoisotopic (exact) mass is 347 g/mol. The van der Waals surface area contributed by atoms with Gasteiger partial charge in [-0.15, -0.1) is 0 Å². The number of anilines is 1. The van der Waals surface area contributed by atoms with Gasteiger partial charge in [-0.25, -0.2) is 0 Å². The molecule has 140 valence electrons. The fourth-order valence-corrected chi connectivity index (χ4v) is 2.59. The van der Waals surface area contributed by atoms with E-state index in [0.29, 0.717) is 5.92 Å². The van der Waals surface area contributed by atoms with E-state index in [9.17, 15) is 9.59 Å². The molecular formula is C20H33N3O2. The summed E-state index contributed by atoms with van der Waals surface area (Å²) in [5.41, 5.74) is 2.76. The Balaban J connectivity index is 2.79. The number of nitrogens with one attached hydrogen (secondary N) is 2. The van der Waals surface area contributed by atoms with Crippen molar-refractivity contribution in [3.8, 4) is 0 Å². The number of hydrogen-bond donors (Lipinski definition) is 2. The van der Waals surface area contributed by atoms with E-state index in [1.807, 2.05) is 52.8 Å². The molecule has 0 aliphatic carbocycles. The Morgan fingerprint density at radius 1 is 1.16 bits per heavy atom. The molecule has 0 aliphatic rings. The minimum Gasteiger partial charge on any atom is -0.350 e. The van der Waals surface area contributed by atoms with Gasteiger partial charge in [0.15, 0.2) is 0 Å². The lowest BCUT2D eigenvalue weighted by Crippen LogP contribution is -2.49. The molecule has 0 fully saturated rings. The summed E-state index contributed by atoms with van der Waals surface area (Å²) < 4.78 is 0. The standard InChI is InChI=1S/C20H33N3O2/c1-13(2)16-11-9-10-14(3)18(16)21-19(25)15(4)23(8)12-17(24)22-20(5,6)7/h9-11,13,15H,12H2,1-8H3,(H,21,25)(H,22,24)/t15-/m1/s1. The molecule has 0 aliphatic heterocycles. The van der Waals surface area contributed by atoms with E-state index in [1.54, 1.807) is 11.9 Å². The molecule has 0 spiro atoms. The lowest BCUT2D eigenvalue weighted by atomic mass is 9.98. The normalized spacial score (nSPS) is 13.0. The van der Waals surface area contributed by atoms with Crippen molar-refractivity contribution in [2.24, 2.45) is 0 Å². The smallest absolute Gasteiger partial charge is 0.241 e. The molecule has 1 aromatic rings. The predicted octanol–water partition coefficient (Wildman–Crippen LogP) is 3.29. The molecule has 2 amide bonds. The van der Waals surface area contributed by atoms with Crippen LogP contribution in [0, 0.1) is 6.92 Å². The van der Waals surface area contributed by atoms with E-state index < -0.39 is 6.04 Å². The molecule has 5 nitrogen and oxygen atoms in total. The highest BCUT2D eigenvalue weighted by molar-refractivity contribution is 5.96. The number of hydrogen-bond acceptors (Lipinski definition) is 3. The maximum Gasteiger partial charge on any atom is 0.241 e. The maximum absolute atomic E-state index is 12.7. The highest BCUT2D eigenvalue weighted by atomic mass is 16.2. The third-order valence-corrected chi connectivity index (χ3v) is 4.12. The van der Waals surface area contributed by atoms with Crippen molar-refractivity contribution in [3.05, 3.63) is 29.3 Å². The van der Waals surface area contributed by atoms with E-state index >= 15 is 0 Å². The second-order valence-electron chi connectivity index (χ2n) is 8.07. The zero-order chi connectivity index (χ0) is 19.4. The van der Waals surface area contributed by atoms with Gasteiger partial charge in [-0.2, -0.15) is 0 Å². The first-order chi connectivity index (χ1) is 11.4. The van der Waals surface area contributed by atoms with Crippen LogP contribution in [0.4, 0.5) is 5.69 Å². The lowest BCUT2D eigenvalue weighted by Gasteiger charge is -2.27. The highest BCUT2D eigenvalue weighted by Gasteiger charge is 2.23. The van der Waals surface area contributed by atoms with Crippen LogP contribution in [0.3, 0.4) is 0 Å². The molecule has 0 heterocycles. The molecular weight excluding hydrogens is 314 g/mol. The molecule has 25 heavy (non-hydrogen) atoms. The molecule has 1 aromatic carbocycles. The largest absolute Gasteiger partial charge is 0.350 e. The van der Waals surface area contributed by atoms with Crippen molar-refractivity contribution in [3.63, 3.8) is 0 Å². The van der Waals surface area contributed by atoms with E-state index in [0.717, 1.165) is 16.8 Å². The third-order valence-electron chi connectivity index (χ3n) is 4.12. The summed E-state index contributed by atoms with van der Waals surface area (Å²) in [7, 11) is 1.79. The number of nitrogens with zero attached hydrogens (tertiary/aromatic N) is 1. The zero-order valence-electron chi connectivity index (χ0n) is 16.9. The molecule has 1 atom stereocenters. The first-order valence-electron chi connectivity index (χ1n) is 8.84. The van der Waals surface area contributed by atoms with Crippen LogP contribution in [-0.4, -0.2) is 41.9 Å². The Labute approximate surface area is 152 Å². The first kappa shape index (κ1) is 21.2. The van der Waals surface area contributed by atoms with Gasteiger partial charge in [0.2, 0.25) is 11.8 Å². The van der Waals surface area contributed by atoms with Gasteiger partial charge in [0.05, 0.1) is 12.6 Å². The van der Waals surface area contributed by atoms with E-state index in [1.165, 1.54) is 0 Å². The fraction of sp³-hybridized carbons (Fsp3) is 0.600. The number of amides is 2. The van der Waals surface area contributed by atoms with Crippen molar-refractivity contribution in [1.29, 1.82) is 0 Å². The van der Waals surface area contributed by atoms with E-state index in [2.05, 4.69) is 24.5 Å². The minimum absolute atomic E-state index is 0.0894. The number of likely N-dealkylation sites (N-methyl/N-ethyl adjacent to an activating group) is 1. The van der Waals surface area contributed by atoms with Gasteiger partial charge in [-0.1, -0.05) is 32.0 Å². The molecule has 0 radical (unpaired) electrons. The molecule has 0 saturated heterocycles. The summed E-state index contributed by atoms with van der Waals surface area (Å²) in [4.78, 5) is 26.5. The van der Waals surface area contributed by atoms with Gasteiger partial charge < -0.3 is 10.6 Å². The molecule has 0 unspecified atom stereocenters. The third kappa shape index (κ3) is 6.50. The number of rotatable bonds is 6. The van der Waals surface area contributed by atoms with Crippen molar-refractivity contribution < 1.29 is 9.59 Å². The highest BCUT2D eigenvalue weighted by Crippen LogP contribution is 2.27. The Kier molecular flexibility index (Phi) is 7.17. The van der Waals surface area contributed by atoms with Crippen LogP contribution in [0.2, 0.25) is 0 Å². The predicted molar refractivity (Wildman–Crippen MR) is 104 cm³/mol. The van der Waals surface area contributed by atoms with Gasteiger partial charge in [-0.3, -0.25) is 14.5 Å². The minimum atomic E-state index is -0.412. The number of carbonyl (C=O) groups excluding carboxylic acids is 2. The van der Waals surface area contributed by atoms with E-state index in [-0.39, 0.29) is 23.9 Å². The van der Waals surface area contributed by atoms with Crippen LogP contribution in [0.5, 0.6) is 0 Å². The van der Waals surface area contributed by atoms with Crippen LogP contribution in [-0.2, 0) is 9.59 Å². The second-order valence-corrected chi connectivity index (χ2v) is 8.07. The van der Waals surface area contributed by atoms with Gasteiger partial charge in [0.1, 0.15) is 0 Å². The molecule has 1 rings (SSSR count). The van der Waals surface area contributed by atoms with Crippen molar-refractivity contribution in [2.75, 3.05) is 18.9 Å². The van der Waals surface area contributed by atoms with Gasteiger partial charge in [0, 0.05) is 11.2 Å². The Morgan fingerprint density at radius 2 is 1.76 bits per heavy atom. The maximum atomic E-state index is 12.7. The lowest BCUT2D eigenvalue weighted by molar-refractivity contribution is -0.125. The van der Waals surface area contributed by atoms with Crippen LogP contribution in [0.15, 0.2) is 18.2 Å². The fourth-order valence-electron chi connectivity index (χ4n) is 2.59. The molecule has 2 N–H and O–H groups in total. The topological polar surface area (TPSA) is 61.4 Å². The number of aryl methyl sites for hydroxylation is 1. The summed E-state index contributed by atoms with van der Waals surface area (Å²) in [6, 6.07) is 5.63. The summed E-state index contributed by atoms with van der Waals surface area (Å²) >= 11 is 0. The quantitative estimate of drug-likeness (QED) is 0.830. The summed E-state index contributed by atoms with van der Waals surface area (Å²) in [6.07, 6.45) is 0. The molecule has 5 heteroatoms. The van der Waals surface area contributed by atoms with Gasteiger partial charge in [0.25, 0.3) is 0 Å². The van der Waals surface area contributed by atoms with E-state index in [4.69, 9.17) is 0 Å². The van der Waals surface area contributed by atoms with Crippen LogP contribution in [0.1, 0.15) is 58.6 Å². The van der Waals surface area contributed by atoms with Gasteiger partial charge >= 0.3 is 0 Å². The second kappa shape index (κ2) is 8.48.